The van der Waals surface area contributed by atoms with Gasteiger partial charge in [-0.3, -0.25) is 9.69 Å². The van der Waals surface area contributed by atoms with Crippen molar-refractivity contribution in [2.45, 2.75) is 25.8 Å². The Kier molecular flexibility index (Phi) is 5.08. The first-order valence-electron chi connectivity index (χ1n) is 6.85. The van der Waals surface area contributed by atoms with Gasteiger partial charge < -0.3 is 5.32 Å². The molecule has 0 aromatic heterocycles. The molecule has 1 aromatic carbocycles. The highest BCUT2D eigenvalue weighted by Gasteiger charge is 2.34. The van der Waals surface area contributed by atoms with E-state index < -0.39 is 5.54 Å². The molecular weight excluding hydrogens is 295 g/mol. The van der Waals surface area contributed by atoms with Crippen molar-refractivity contribution < 1.29 is 4.79 Å². The highest BCUT2D eigenvalue weighted by molar-refractivity contribution is 6.42. The van der Waals surface area contributed by atoms with Gasteiger partial charge >= 0.3 is 0 Å². The molecule has 0 saturated carbocycles. The molecule has 3 nitrogen and oxygen atoms in total. The third kappa shape index (κ3) is 3.34. The first-order chi connectivity index (χ1) is 9.43. The Labute approximate surface area is 130 Å². The van der Waals surface area contributed by atoms with Gasteiger partial charge in [-0.1, -0.05) is 35.3 Å². The molecule has 0 radical (unpaired) electrons. The average molecular weight is 315 g/mol. The summed E-state index contributed by atoms with van der Waals surface area (Å²) in [5, 5.41) is 4.28. The molecule has 110 valence electrons. The smallest absolute Gasteiger partial charge is 0.156 e. The Morgan fingerprint density at radius 1 is 1.30 bits per heavy atom. The third-order valence-electron chi connectivity index (χ3n) is 3.97. The molecule has 0 bridgehead atoms. The number of carbonyl (C=O) groups excluding carboxylic acids is 1. The van der Waals surface area contributed by atoms with E-state index in [1.165, 1.54) is 0 Å². The molecule has 0 amide bonds. The number of hydrogen-bond donors (Lipinski definition) is 1. The van der Waals surface area contributed by atoms with Crippen molar-refractivity contribution in [3.05, 3.63) is 33.8 Å². The number of nitrogens with zero attached hydrogens (tertiary/aromatic N) is 1. The van der Waals surface area contributed by atoms with Crippen LogP contribution in [0.1, 0.15) is 19.4 Å². The number of ketones is 1. The lowest BCUT2D eigenvalue weighted by Crippen LogP contribution is -2.57. The Bertz CT molecular complexity index is 497. The quantitative estimate of drug-likeness (QED) is 0.927. The van der Waals surface area contributed by atoms with Crippen LogP contribution >= 0.6 is 23.2 Å². The molecular formula is C15H20Cl2N2O. The summed E-state index contributed by atoms with van der Waals surface area (Å²) in [5.41, 5.74) is 0.320. The fourth-order valence-electron chi connectivity index (χ4n) is 2.47. The van der Waals surface area contributed by atoms with Crippen LogP contribution in [0.15, 0.2) is 18.2 Å². The van der Waals surface area contributed by atoms with Crippen LogP contribution in [0.5, 0.6) is 0 Å². The van der Waals surface area contributed by atoms with Gasteiger partial charge in [-0.2, -0.15) is 0 Å². The molecule has 20 heavy (non-hydrogen) atoms. The first kappa shape index (κ1) is 15.8. The van der Waals surface area contributed by atoms with Gasteiger partial charge in [0.25, 0.3) is 0 Å². The monoisotopic (exact) mass is 314 g/mol. The molecule has 1 saturated heterocycles. The van der Waals surface area contributed by atoms with Crippen LogP contribution in [0.4, 0.5) is 0 Å². The van der Waals surface area contributed by atoms with Gasteiger partial charge in [0.1, 0.15) is 0 Å². The second-order valence-electron chi connectivity index (χ2n) is 5.61. The number of halogens is 2. The molecule has 2 rings (SSSR count). The summed E-state index contributed by atoms with van der Waals surface area (Å²) >= 11 is 12.2. The van der Waals surface area contributed by atoms with Gasteiger partial charge in [-0.15, -0.1) is 0 Å². The molecule has 1 aliphatic heterocycles. The van der Waals surface area contributed by atoms with Crippen molar-refractivity contribution >= 4 is 29.0 Å². The van der Waals surface area contributed by atoms with E-state index in [9.17, 15) is 4.79 Å². The molecule has 0 spiro atoms. The number of benzene rings is 1. The van der Waals surface area contributed by atoms with Crippen LogP contribution in [0, 0.1) is 0 Å². The Morgan fingerprint density at radius 3 is 2.60 bits per heavy atom. The zero-order chi connectivity index (χ0) is 14.8. The van der Waals surface area contributed by atoms with E-state index in [0.717, 1.165) is 31.7 Å². The predicted molar refractivity (Wildman–Crippen MR) is 83.7 cm³/mol. The minimum absolute atomic E-state index is 0.170. The van der Waals surface area contributed by atoms with Crippen LogP contribution in [0.2, 0.25) is 10.0 Å². The van der Waals surface area contributed by atoms with E-state index >= 15 is 0 Å². The van der Waals surface area contributed by atoms with Crippen LogP contribution in [-0.4, -0.2) is 42.4 Å². The molecule has 1 N–H and O–H groups in total. The SMILES string of the molecule is CC(C)(C(=O)Cc1cccc(Cl)c1Cl)N1CCNCC1. The second kappa shape index (κ2) is 6.44. The summed E-state index contributed by atoms with van der Waals surface area (Å²) in [6.07, 6.45) is 0.316. The van der Waals surface area contributed by atoms with Gasteiger partial charge in [-0.05, 0) is 25.5 Å². The summed E-state index contributed by atoms with van der Waals surface area (Å²) in [5.74, 6) is 0.170. The number of carbonyl (C=O) groups is 1. The number of nitrogens with one attached hydrogen (secondary N) is 1. The number of Topliss-reactive ketones (excluding diaryl/α,β-unsaturated/α-hetero) is 1. The highest BCUT2D eigenvalue weighted by atomic mass is 35.5. The zero-order valence-electron chi connectivity index (χ0n) is 11.9. The predicted octanol–water partition coefficient (Wildman–Crippen LogP) is 2.79. The topological polar surface area (TPSA) is 32.3 Å². The first-order valence-corrected chi connectivity index (χ1v) is 7.60. The van der Waals surface area contributed by atoms with E-state index in [4.69, 9.17) is 23.2 Å². The highest BCUT2D eigenvalue weighted by Crippen LogP contribution is 2.28. The largest absolute Gasteiger partial charge is 0.314 e. The minimum atomic E-state index is -0.478. The summed E-state index contributed by atoms with van der Waals surface area (Å²) < 4.78 is 0. The number of rotatable bonds is 4. The minimum Gasteiger partial charge on any atom is -0.314 e. The summed E-state index contributed by atoms with van der Waals surface area (Å²) in [7, 11) is 0. The fourth-order valence-corrected chi connectivity index (χ4v) is 2.86. The number of piperazine rings is 1. The molecule has 1 heterocycles. The maximum absolute atomic E-state index is 12.6. The normalized spacial score (nSPS) is 17.2. The Hall–Kier alpha value is -0.610. The van der Waals surface area contributed by atoms with Crippen molar-refractivity contribution in [3.8, 4) is 0 Å². The zero-order valence-corrected chi connectivity index (χ0v) is 13.4. The molecule has 1 aliphatic rings. The molecule has 1 aromatic rings. The van der Waals surface area contributed by atoms with Gasteiger partial charge in [0.15, 0.2) is 5.78 Å². The van der Waals surface area contributed by atoms with Crippen molar-refractivity contribution in [3.63, 3.8) is 0 Å². The maximum Gasteiger partial charge on any atom is 0.156 e. The maximum atomic E-state index is 12.6. The van der Waals surface area contributed by atoms with Crippen molar-refractivity contribution in [2.75, 3.05) is 26.2 Å². The summed E-state index contributed by atoms with van der Waals surface area (Å²) in [6, 6.07) is 5.42. The lowest BCUT2D eigenvalue weighted by atomic mass is 9.91. The molecule has 0 atom stereocenters. The number of hydrogen-bond acceptors (Lipinski definition) is 3. The van der Waals surface area contributed by atoms with Gasteiger partial charge in [0.05, 0.1) is 15.6 Å². The van der Waals surface area contributed by atoms with Crippen molar-refractivity contribution in [1.82, 2.24) is 10.2 Å². The lowest BCUT2D eigenvalue weighted by molar-refractivity contribution is -0.129. The van der Waals surface area contributed by atoms with Gasteiger partial charge in [-0.25, -0.2) is 0 Å². The molecule has 5 heteroatoms. The second-order valence-corrected chi connectivity index (χ2v) is 6.39. The van der Waals surface area contributed by atoms with Crippen molar-refractivity contribution in [1.29, 1.82) is 0 Å². The van der Waals surface area contributed by atoms with Crippen LogP contribution in [-0.2, 0) is 11.2 Å². The molecule has 0 aliphatic carbocycles. The Balaban J connectivity index is 2.12. The fraction of sp³-hybridized carbons (Fsp3) is 0.533. The van der Waals surface area contributed by atoms with E-state index in [2.05, 4.69) is 10.2 Å². The van der Waals surface area contributed by atoms with E-state index in [1.807, 2.05) is 26.0 Å². The van der Waals surface area contributed by atoms with E-state index in [-0.39, 0.29) is 5.78 Å². The van der Waals surface area contributed by atoms with Crippen molar-refractivity contribution in [2.24, 2.45) is 0 Å². The molecule has 1 fully saturated rings. The average Bonchev–Trinajstić information content (AvgIpc) is 2.44. The van der Waals surface area contributed by atoms with Gasteiger partial charge in [0, 0.05) is 32.6 Å². The van der Waals surface area contributed by atoms with Crippen LogP contribution < -0.4 is 5.32 Å². The van der Waals surface area contributed by atoms with Crippen LogP contribution in [0.3, 0.4) is 0 Å². The molecule has 0 unspecified atom stereocenters. The third-order valence-corrected chi connectivity index (χ3v) is 4.83. The summed E-state index contributed by atoms with van der Waals surface area (Å²) in [4.78, 5) is 14.9. The van der Waals surface area contributed by atoms with E-state index in [1.54, 1.807) is 6.07 Å². The Morgan fingerprint density at radius 2 is 1.95 bits per heavy atom. The van der Waals surface area contributed by atoms with E-state index in [0.29, 0.717) is 16.5 Å². The standard InChI is InChI=1S/C15H20Cl2N2O/c1-15(2,19-8-6-18-7-9-19)13(20)10-11-4-3-5-12(16)14(11)17/h3-5,18H,6-10H2,1-2H3. The van der Waals surface area contributed by atoms with Gasteiger partial charge in [0.2, 0.25) is 0 Å². The summed E-state index contributed by atoms with van der Waals surface area (Å²) in [6.45, 7) is 7.60. The lowest BCUT2D eigenvalue weighted by Gasteiger charge is -2.40. The van der Waals surface area contributed by atoms with Crippen LogP contribution in [0.25, 0.3) is 0 Å².